The Kier molecular flexibility index (Phi) is 2.00. The van der Waals surface area contributed by atoms with E-state index in [1.165, 1.54) is 0 Å². The molecule has 0 saturated carbocycles. The maximum atomic E-state index is 9.55. The number of diazo groups is 1. The number of hydrogen-bond donors (Lipinski definition) is 0. The molecule has 34 valence electrons. The smallest absolute Gasteiger partial charge is 0.277 e. The fraction of sp³-hybridized carbons (Fsp3) is 0. The Labute approximate surface area is 38.7 Å². The van der Waals surface area contributed by atoms with Gasteiger partial charge in [-0.3, -0.25) is 4.74 Å². The summed E-state index contributed by atoms with van der Waals surface area (Å²) in [4.78, 5) is 11.5. The van der Waals surface area contributed by atoms with E-state index in [1.807, 2.05) is 4.98 Å². The van der Waals surface area contributed by atoms with E-state index in [1.54, 1.807) is 0 Å². The van der Waals surface area contributed by atoms with E-state index < -0.39 is 6.09 Å². The molecule has 0 rings (SSSR count). The van der Waals surface area contributed by atoms with Gasteiger partial charge < -0.3 is 0 Å². The highest BCUT2D eigenvalue weighted by Gasteiger charge is 2.14. The fourth-order valence-electron chi connectivity index (χ4n) is 0.0595. The number of amides is 1. The second-order valence-electron chi connectivity index (χ2n) is 0.559. The summed E-state index contributed by atoms with van der Waals surface area (Å²) in [6.07, 6.45) is -0.288. The fourth-order valence-corrected chi connectivity index (χ4v) is 0.0595. The lowest BCUT2D eigenvalue weighted by Crippen LogP contribution is -1.85. The first kappa shape index (κ1) is 5.38. The lowest BCUT2D eigenvalue weighted by molar-refractivity contribution is 0.208. The predicted molar refractivity (Wildman–Crippen MR) is 17.2 cm³/mol. The van der Waals surface area contributed by atoms with Crippen molar-refractivity contribution in [1.82, 2.24) is 0 Å². The molecule has 0 aliphatic heterocycles. The number of nitriles is 1. The van der Waals surface area contributed by atoms with Crippen molar-refractivity contribution in [3.63, 3.8) is 0 Å². The van der Waals surface area contributed by atoms with Gasteiger partial charge in [-0.15, -0.1) is 5.26 Å². The molecule has 0 aliphatic rings. The predicted octanol–water partition coefficient (Wildman–Crippen LogP) is 0.457. The van der Waals surface area contributed by atoms with E-state index in [2.05, 4.69) is 4.74 Å². The summed E-state index contributed by atoms with van der Waals surface area (Å²) in [6.45, 7) is 0. The van der Waals surface area contributed by atoms with Crippen LogP contribution in [0.4, 0.5) is 4.79 Å². The molecule has 0 aliphatic carbocycles. The van der Waals surface area contributed by atoms with Crippen LogP contribution in [0.5, 0.6) is 0 Å². The van der Waals surface area contributed by atoms with Crippen LogP contribution in [0.15, 0.2) is 0 Å². The molecule has 0 fully saturated rings. The minimum Gasteiger partial charge on any atom is -0.277 e. The molecule has 1 amide bonds. The Morgan fingerprint density at radius 1 is 1.86 bits per heavy atom. The normalized spacial score (nSPS) is 5.43. The zero-order valence-corrected chi connectivity index (χ0v) is 3.16. The van der Waals surface area contributed by atoms with Crippen LogP contribution < -0.4 is 0 Å². The highest BCUT2D eigenvalue weighted by atomic mass is 16.5. The van der Waals surface area contributed by atoms with Gasteiger partial charge in [0.2, 0.25) is 5.39 Å². The molecule has 0 unspecified atom stereocenters. The number of ether oxygens (including phenoxy) is 1. The van der Waals surface area contributed by atoms with E-state index in [9.17, 15) is 4.79 Å². The van der Waals surface area contributed by atoms with Crippen molar-refractivity contribution >= 4 is 6.09 Å². The highest BCUT2D eigenvalue weighted by molar-refractivity contribution is 5.77. The summed E-state index contributed by atoms with van der Waals surface area (Å²) in [5, 5.41) is 15.0. The van der Waals surface area contributed by atoms with Gasteiger partial charge in [0, 0.05) is 0 Å². The van der Waals surface area contributed by atoms with Crippen molar-refractivity contribution in [1.29, 1.82) is 10.7 Å². The zero-order valence-electron chi connectivity index (χ0n) is 3.16. The van der Waals surface area contributed by atoms with Crippen LogP contribution in [0.2, 0.25) is 0 Å². The Morgan fingerprint density at radius 3 is 2.57 bits per heavy atom. The van der Waals surface area contributed by atoms with Gasteiger partial charge in [-0.1, -0.05) is 0 Å². The van der Waals surface area contributed by atoms with Crippen LogP contribution in [0, 0.1) is 16.9 Å². The first-order chi connectivity index (χ1) is 3.31. The Morgan fingerprint density at radius 2 is 2.43 bits per heavy atom. The summed E-state index contributed by atoms with van der Waals surface area (Å²) in [6, 6.07) is 0. The maximum Gasteiger partial charge on any atom is 0.787 e. The lowest BCUT2D eigenvalue weighted by Gasteiger charge is -1.58. The second kappa shape index (κ2) is 2.61. The van der Waals surface area contributed by atoms with Crippen LogP contribution in [0.25, 0.3) is 4.98 Å². The minimum atomic E-state index is -1.30. The van der Waals surface area contributed by atoms with Gasteiger partial charge in [-0.2, -0.15) is 4.79 Å². The van der Waals surface area contributed by atoms with Crippen molar-refractivity contribution in [3.8, 4) is 6.26 Å². The molecule has 5 heteroatoms. The van der Waals surface area contributed by atoms with E-state index in [4.69, 9.17) is 10.7 Å². The molecular weight excluding hydrogens is 98.0 g/mol. The number of carbonyl (C=O) groups is 1. The molecule has 0 bridgehead atoms. The molecule has 0 saturated heterocycles. The Bertz CT molecular complexity index is 149. The summed E-state index contributed by atoms with van der Waals surface area (Å²) < 4.78 is 3.44. The third-order valence-corrected chi connectivity index (χ3v) is 0.215. The van der Waals surface area contributed by atoms with E-state index >= 15 is 0 Å². The summed E-state index contributed by atoms with van der Waals surface area (Å²) in [5.74, 6) is 0. The summed E-state index contributed by atoms with van der Waals surface area (Å²) in [7, 11) is 0. The minimum absolute atomic E-state index is 1.02. The standard InChI is InChI=1S/C2N3O2/c3-1-7-2(6)5-4/q+1. The molecular formula is C2N3O2+. The molecule has 0 N–H and O–H groups in total. The van der Waals surface area contributed by atoms with Gasteiger partial charge in [0.15, 0.2) is 0 Å². The monoisotopic (exact) mass is 98.0 g/mol. The van der Waals surface area contributed by atoms with Gasteiger partial charge in [0.25, 0.3) is 11.2 Å². The van der Waals surface area contributed by atoms with E-state index in [0.717, 1.165) is 6.26 Å². The van der Waals surface area contributed by atoms with Crippen LogP contribution in [0.3, 0.4) is 0 Å². The number of carbonyl (C=O) groups excluding carboxylic acids is 1. The second-order valence-corrected chi connectivity index (χ2v) is 0.559. The largest absolute Gasteiger partial charge is 0.787 e. The molecule has 5 nitrogen and oxygen atoms in total. The maximum absolute atomic E-state index is 9.55. The van der Waals surface area contributed by atoms with Crippen molar-refractivity contribution in [3.05, 3.63) is 4.98 Å². The van der Waals surface area contributed by atoms with E-state index in [0.29, 0.717) is 0 Å². The molecule has 0 spiro atoms. The van der Waals surface area contributed by atoms with E-state index in [-0.39, 0.29) is 0 Å². The molecule has 0 radical (unpaired) electrons. The van der Waals surface area contributed by atoms with Crippen molar-refractivity contribution in [2.75, 3.05) is 0 Å². The highest BCUT2D eigenvalue weighted by Crippen LogP contribution is 1.75. The van der Waals surface area contributed by atoms with Crippen LogP contribution >= 0.6 is 0 Å². The summed E-state index contributed by atoms with van der Waals surface area (Å²) in [5.41, 5.74) is 0. The zero-order chi connectivity index (χ0) is 5.70. The Balaban J connectivity index is 3.50. The molecule has 0 aromatic heterocycles. The van der Waals surface area contributed by atoms with Crippen LogP contribution in [0.1, 0.15) is 0 Å². The number of nitrogens with zero attached hydrogens (tertiary/aromatic N) is 3. The number of rotatable bonds is 0. The third-order valence-electron chi connectivity index (χ3n) is 0.215. The summed E-state index contributed by atoms with van der Waals surface area (Å²) >= 11 is 0. The molecule has 0 aromatic rings. The first-order valence-corrected chi connectivity index (χ1v) is 1.26. The SMILES string of the molecule is N#COC(=O)[N+]#N. The van der Waals surface area contributed by atoms with Crippen molar-refractivity contribution < 1.29 is 9.53 Å². The molecule has 0 aromatic carbocycles. The molecule has 0 atom stereocenters. The van der Waals surface area contributed by atoms with Gasteiger partial charge in [-0.05, 0) is 0 Å². The average molecular weight is 98.0 g/mol. The quantitative estimate of drug-likeness (QED) is 0.325. The van der Waals surface area contributed by atoms with Gasteiger partial charge in [-0.25, -0.2) is 0 Å². The van der Waals surface area contributed by atoms with Gasteiger partial charge in [0.1, 0.15) is 0 Å². The molecule has 7 heavy (non-hydrogen) atoms. The topological polar surface area (TPSA) is 78.2 Å². The van der Waals surface area contributed by atoms with Gasteiger partial charge in [0.05, 0.1) is 0 Å². The lowest BCUT2D eigenvalue weighted by atomic mass is 11.2. The number of hydrogen-bond acceptors (Lipinski definition) is 4. The molecule has 0 heterocycles. The first-order valence-electron chi connectivity index (χ1n) is 1.26. The van der Waals surface area contributed by atoms with Gasteiger partial charge >= 0.3 is 6.09 Å². The van der Waals surface area contributed by atoms with Crippen molar-refractivity contribution in [2.45, 2.75) is 0 Å². The third kappa shape index (κ3) is 2.17. The van der Waals surface area contributed by atoms with Crippen LogP contribution in [-0.2, 0) is 4.74 Å². The average Bonchev–Trinajstić information content (AvgIpc) is 1.68. The Hall–Kier alpha value is -1.62. The van der Waals surface area contributed by atoms with Crippen LogP contribution in [-0.4, -0.2) is 6.09 Å². The van der Waals surface area contributed by atoms with Crippen molar-refractivity contribution in [2.24, 2.45) is 0 Å².